The van der Waals surface area contributed by atoms with Crippen molar-refractivity contribution in [3.63, 3.8) is 0 Å². The molecule has 10 nitrogen and oxygen atoms in total. The maximum absolute atomic E-state index is 13.3. The molecule has 0 saturated carbocycles. The van der Waals surface area contributed by atoms with Gasteiger partial charge in [0.1, 0.15) is 5.84 Å². The SMILES string of the molecule is CS(=O)(=O)N1C[C@@H](C(=O)Nc2ccc(-c3ccccc3S(N)(=O)=O)cc2)[C@H](c2cccc(C(=N)N)c2)C1. The molecule has 12 heteroatoms. The van der Waals surface area contributed by atoms with E-state index in [0.717, 1.165) is 6.26 Å². The largest absolute Gasteiger partial charge is 0.384 e. The van der Waals surface area contributed by atoms with Crippen LogP contribution in [-0.2, 0) is 24.8 Å². The number of nitrogen functional groups attached to an aromatic ring is 1. The van der Waals surface area contributed by atoms with Crippen LogP contribution < -0.4 is 16.2 Å². The fraction of sp³-hybridized carbons (Fsp3) is 0.200. The summed E-state index contributed by atoms with van der Waals surface area (Å²) in [6.07, 6.45) is 1.11. The number of amides is 1. The van der Waals surface area contributed by atoms with E-state index in [9.17, 15) is 21.6 Å². The van der Waals surface area contributed by atoms with Gasteiger partial charge in [-0.15, -0.1) is 0 Å². The summed E-state index contributed by atoms with van der Waals surface area (Å²) in [4.78, 5) is 13.3. The molecule has 0 aromatic heterocycles. The van der Waals surface area contributed by atoms with Gasteiger partial charge in [-0.3, -0.25) is 10.2 Å². The average molecular weight is 542 g/mol. The Morgan fingerprint density at radius 3 is 2.27 bits per heavy atom. The van der Waals surface area contributed by atoms with Crippen molar-refractivity contribution in [2.75, 3.05) is 24.7 Å². The molecule has 2 atom stereocenters. The third-order valence-electron chi connectivity index (χ3n) is 6.37. The van der Waals surface area contributed by atoms with Gasteiger partial charge in [-0.25, -0.2) is 26.3 Å². The normalized spacial score (nSPS) is 18.4. The number of anilines is 1. The van der Waals surface area contributed by atoms with E-state index in [1.54, 1.807) is 66.7 Å². The highest BCUT2D eigenvalue weighted by Gasteiger charge is 2.42. The second-order valence-corrected chi connectivity index (χ2v) is 12.5. The lowest BCUT2D eigenvalue weighted by Crippen LogP contribution is -2.31. The minimum atomic E-state index is -3.92. The van der Waals surface area contributed by atoms with Crippen LogP contribution >= 0.6 is 0 Å². The third kappa shape index (κ3) is 5.88. The van der Waals surface area contributed by atoms with E-state index < -0.39 is 31.9 Å². The van der Waals surface area contributed by atoms with Crippen molar-refractivity contribution in [2.45, 2.75) is 10.8 Å². The zero-order chi connectivity index (χ0) is 27.0. The lowest BCUT2D eigenvalue weighted by molar-refractivity contribution is -0.119. The number of amidine groups is 1. The molecule has 3 aromatic rings. The Bertz CT molecular complexity index is 1570. The minimum Gasteiger partial charge on any atom is -0.384 e. The van der Waals surface area contributed by atoms with Gasteiger partial charge >= 0.3 is 0 Å². The highest BCUT2D eigenvalue weighted by Crippen LogP contribution is 2.35. The first kappa shape index (κ1) is 26.5. The van der Waals surface area contributed by atoms with E-state index in [0.29, 0.717) is 27.9 Å². The van der Waals surface area contributed by atoms with Crippen molar-refractivity contribution < 1.29 is 21.6 Å². The van der Waals surface area contributed by atoms with Crippen LogP contribution in [0.25, 0.3) is 11.1 Å². The third-order valence-corrected chi connectivity index (χ3v) is 8.58. The summed E-state index contributed by atoms with van der Waals surface area (Å²) in [7, 11) is -7.46. The number of sulfonamides is 2. The van der Waals surface area contributed by atoms with Crippen molar-refractivity contribution in [2.24, 2.45) is 16.8 Å². The van der Waals surface area contributed by atoms with Crippen molar-refractivity contribution in [3.05, 3.63) is 83.9 Å². The summed E-state index contributed by atoms with van der Waals surface area (Å²) in [5, 5.41) is 15.9. The zero-order valence-electron chi connectivity index (χ0n) is 20.0. The number of nitrogens with one attached hydrogen (secondary N) is 2. The van der Waals surface area contributed by atoms with Crippen molar-refractivity contribution >= 4 is 37.5 Å². The first-order chi connectivity index (χ1) is 17.3. The van der Waals surface area contributed by atoms with Crippen LogP contribution in [-0.4, -0.2) is 52.2 Å². The Morgan fingerprint density at radius 2 is 1.65 bits per heavy atom. The van der Waals surface area contributed by atoms with Crippen LogP contribution in [0.1, 0.15) is 17.0 Å². The van der Waals surface area contributed by atoms with Gasteiger partial charge in [-0.2, -0.15) is 0 Å². The van der Waals surface area contributed by atoms with Crippen LogP contribution in [0.2, 0.25) is 0 Å². The van der Waals surface area contributed by atoms with Crippen LogP contribution in [0.5, 0.6) is 0 Å². The molecule has 194 valence electrons. The lowest BCUT2D eigenvalue weighted by Gasteiger charge is -2.19. The van der Waals surface area contributed by atoms with Gasteiger partial charge in [0.15, 0.2) is 0 Å². The smallest absolute Gasteiger partial charge is 0.238 e. The van der Waals surface area contributed by atoms with E-state index >= 15 is 0 Å². The highest BCUT2D eigenvalue weighted by atomic mass is 32.2. The second kappa shape index (κ2) is 10.1. The maximum atomic E-state index is 13.3. The minimum absolute atomic E-state index is 0.00533. The average Bonchev–Trinajstić information content (AvgIpc) is 3.31. The molecule has 0 aliphatic carbocycles. The molecule has 1 heterocycles. The molecular weight excluding hydrogens is 514 g/mol. The van der Waals surface area contributed by atoms with E-state index in [2.05, 4.69) is 5.32 Å². The summed E-state index contributed by atoms with van der Waals surface area (Å²) in [6.45, 7) is 0.140. The van der Waals surface area contributed by atoms with Gasteiger partial charge in [0.2, 0.25) is 26.0 Å². The highest BCUT2D eigenvalue weighted by molar-refractivity contribution is 7.89. The molecule has 0 radical (unpaired) electrons. The lowest BCUT2D eigenvalue weighted by atomic mass is 9.87. The molecule has 0 unspecified atom stereocenters. The molecule has 0 bridgehead atoms. The van der Waals surface area contributed by atoms with Crippen molar-refractivity contribution in [1.29, 1.82) is 5.41 Å². The van der Waals surface area contributed by atoms with E-state index in [-0.39, 0.29) is 29.7 Å². The predicted octanol–water partition coefficient (Wildman–Crippen LogP) is 1.90. The fourth-order valence-electron chi connectivity index (χ4n) is 4.50. The molecule has 0 spiro atoms. The number of hydrogen-bond acceptors (Lipinski definition) is 6. The number of nitrogens with two attached hydrogens (primary N) is 2. The second-order valence-electron chi connectivity index (χ2n) is 8.94. The monoisotopic (exact) mass is 541 g/mol. The molecule has 6 N–H and O–H groups in total. The molecular formula is C25H27N5O5S2. The first-order valence-corrected chi connectivity index (χ1v) is 14.7. The van der Waals surface area contributed by atoms with E-state index in [4.69, 9.17) is 16.3 Å². The molecule has 4 rings (SSSR count). The maximum Gasteiger partial charge on any atom is 0.238 e. The quantitative estimate of drug-likeness (QED) is 0.262. The van der Waals surface area contributed by atoms with Gasteiger partial charge in [-0.05, 0) is 35.4 Å². The molecule has 37 heavy (non-hydrogen) atoms. The van der Waals surface area contributed by atoms with Gasteiger partial charge < -0.3 is 11.1 Å². The molecule has 3 aromatic carbocycles. The summed E-state index contributed by atoms with van der Waals surface area (Å²) in [6, 6.07) is 19.9. The van der Waals surface area contributed by atoms with Crippen LogP contribution in [0, 0.1) is 11.3 Å². The van der Waals surface area contributed by atoms with Crippen LogP contribution in [0.3, 0.4) is 0 Å². The summed E-state index contributed by atoms with van der Waals surface area (Å²) < 4.78 is 49.7. The number of primary sulfonamides is 1. The van der Waals surface area contributed by atoms with E-state index in [1.165, 1.54) is 10.4 Å². The van der Waals surface area contributed by atoms with Crippen LogP contribution in [0.15, 0.2) is 77.7 Å². The van der Waals surface area contributed by atoms with Crippen molar-refractivity contribution in [3.8, 4) is 11.1 Å². The standard InChI is InChI=1S/C25H27N5O5S2/c1-36(32,33)30-14-21(17-5-4-6-18(13-17)24(26)27)22(15-30)25(31)29-19-11-9-16(10-12-19)20-7-2-3-8-23(20)37(28,34)35/h2-13,21-22H,14-15H2,1H3,(H3,26,27)(H,29,31)(H2,28,34,35)/t21-,22+/m0/s1. The Balaban J connectivity index is 1.59. The number of carbonyl (C=O) groups is 1. The van der Waals surface area contributed by atoms with E-state index in [1.807, 2.05) is 0 Å². The Hall–Kier alpha value is -3.58. The Kier molecular flexibility index (Phi) is 7.20. The molecule has 1 fully saturated rings. The number of nitrogens with zero attached hydrogens (tertiary/aromatic N) is 1. The fourth-order valence-corrected chi connectivity index (χ4v) is 6.12. The molecule has 1 amide bonds. The number of rotatable bonds is 7. The van der Waals surface area contributed by atoms with Gasteiger partial charge in [-0.1, -0.05) is 48.5 Å². The van der Waals surface area contributed by atoms with Crippen LogP contribution in [0.4, 0.5) is 5.69 Å². The molecule has 1 aliphatic heterocycles. The van der Waals surface area contributed by atoms with Gasteiger partial charge in [0.05, 0.1) is 17.1 Å². The van der Waals surface area contributed by atoms with Gasteiger partial charge in [0, 0.05) is 35.8 Å². The predicted molar refractivity (Wildman–Crippen MR) is 142 cm³/mol. The Morgan fingerprint density at radius 1 is 0.973 bits per heavy atom. The number of carbonyl (C=O) groups excluding carboxylic acids is 1. The molecule has 1 aliphatic rings. The summed E-state index contributed by atoms with van der Waals surface area (Å²) in [5.74, 6) is -1.60. The zero-order valence-corrected chi connectivity index (χ0v) is 21.6. The summed E-state index contributed by atoms with van der Waals surface area (Å²) in [5.41, 5.74) is 8.34. The topological polar surface area (TPSA) is 177 Å². The van der Waals surface area contributed by atoms with Crippen molar-refractivity contribution in [1.82, 2.24) is 4.31 Å². The molecule has 1 saturated heterocycles. The Labute approximate surface area is 215 Å². The first-order valence-electron chi connectivity index (χ1n) is 11.3. The summed E-state index contributed by atoms with van der Waals surface area (Å²) >= 11 is 0. The van der Waals surface area contributed by atoms with Gasteiger partial charge in [0.25, 0.3) is 0 Å². The number of hydrogen-bond donors (Lipinski definition) is 4. The number of benzene rings is 3.